The van der Waals surface area contributed by atoms with Crippen molar-refractivity contribution in [2.24, 2.45) is 0 Å². The van der Waals surface area contributed by atoms with Gasteiger partial charge in [0.1, 0.15) is 23.9 Å². The highest BCUT2D eigenvalue weighted by atomic mass is 16.5. The first-order chi connectivity index (χ1) is 11.5. The molecule has 1 aromatic heterocycles. The molecular formula is C18H22N2O4. The Morgan fingerprint density at radius 3 is 2.67 bits per heavy atom. The number of aromatic nitrogens is 1. The Morgan fingerprint density at radius 1 is 1.21 bits per heavy atom. The molecule has 0 aliphatic rings. The summed E-state index contributed by atoms with van der Waals surface area (Å²) in [4.78, 5) is 15.5. The van der Waals surface area contributed by atoms with E-state index in [4.69, 9.17) is 9.47 Å². The summed E-state index contributed by atoms with van der Waals surface area (Å²) in [6, 6.07) is 11.0. The molecule has 0 bridgehead atoms. The second-order valence-electron chi connectivity index (χ2n) is 5.45. The van der Waals surface area contributed by atoms with Crippen LogP contribution in [0.25, 0.3) is 0 Å². The van der Waals surface area contributed by atoms with Crippen LogP contribution < -0.4 is 14.8 Å². The van der Waals surface area contributed by atoms with Gasteiger partial charge < -0.3 is 19.5 Å². The Labute approximate surface area is 141 Å². The van der Waals surface area contributed by atoms with E-state index >= 15 is 0 Å². The highest BCUT2D eigenvalue weighted by Gasteiger charge is 2.10. The van der Waals surface area contributed by atoms with Crippen molar-refractivity contribution < 1.29 is 19.0 Å². The lowest BCUT2D eigenvalue weighted by Gasteiger charge is -2.14. The number of nitrogens with one attached hydrogen (secondary N) is 1. The SMILES string of the molecule is COC(=O)CNc1cccc(Oc2ccc(OC)c(C(C)C)c2)n1. The molecule has 0 atom stereocenters. The third-order valence-corrected chi connectivity index (χ3v) is 3.41. The topological polar surface area (TPSA) is 69.7 Å². The summed E-state index contributed by atoms with van der Waals surface area (Å²) in [6.07, 6.45) is 0. The Hall–Kier alpha value is -2.76. The fraction of sp³-hybridized carbons (Fsp3) is 0.333. The monoisotopic (exact) mass is 330 g/mol. The van der Waals surface area contributed by atoms with E-state index in [9.17, 15) is 4.79 Å². The molecule has 0 saturated heterocycles. The molecule has 0 saturated carbocycles. The van der Waals surface area contributed by atoms with Crippen LogP contribution in [0.5, 0.6) is 17.4 Å². The van der Waals surface area contributed by atoms with Gasteiger partial charge in [-0.05, 0) is 30.2 Å². The van der Waals surface area contributed by atoms with Gasteiger partial charge in [-0.3, -0.25) is 4.79 Å². The number of hydrogen-bond acceptors (Lipinski definition) is 6. The first-order valence-corrected chi connectivity index (χ1v) is 7.67. The second kappa shape index (κ2) is 8.19. The third kappa shape index (κ3) is 4.62. The van der Waals surface area contributed by atoms with Crippen LogP contribution in [0.4, 0.5) is 5.82 Å². The summed E-state index contributed by atoms with van der Waals surface area (Å²) in [5.41, 5.74) is 1.06. The summed E-state index contributed by atoms with van der Waals surface area (Å²) in [5, 5.41) is 2.88. The normalized spacial score (nSPS) is 10.4. The standard InChI is InChI=1S/C18H22N2O4/c1-12(2)14-10-13(8-9-15(14)22-3)24-17-7-5-6-16(20-17)19-11-18(21)23-4/h5-10,12H,11H2,1-4H3,(H,19,20). The molecule has 2 rings (SSSR count). The van der Waals surface area contributed by atoms with Crippen molar-refractivity contribution >= 4 is 11.8 Å². The molecular weight excluding hydrogens is 308 g/mol. The van der Waals surface area contributed by atoms with Crippen molar-refractivity contribution in [1.29, 1.82) is 0 Å². The number of rotatable bonds is 7. The van der Waals surface area contributed by atoms with E-state index in [1.54, 1.807) is 25.3 Å². The minimum absolute atomic E-state index is 0.0486. The van der Waals surface area contributed by atoms with Gasteiger partial charge in [-0.25, -0.2) is 0 Å². The van der Waals surface area contributed by atoms with Crippen molar-refractivity contribution in [1.82, 2.24) is 4.98 Å². The van der Waals surface area contributed by atoms with E-state index in [2.05, 4.69) is 28.9 Å². The molecule has 1 N–H and O–H groups in total. The highest BCUT2D eigenvalue weighted by Crippen LogP contribution is 2.32. The summed E-state index contributed by atoms with van der Waals surface area (Å²) >= 11 is 0. The predicted octanol–water partition coefficient (Wildman–Crippen LogP) is 3.59. The smallest absolute Gasteiger partial charge is 0.325 e. The average molecular weight is 330 g/mol. The molecule has 0 amide bonds. The predicted molar refractivity (Wildman–Crippen MR) is 91.9 cm³/mol. The van der Waals surface area contributed by atoms with Crippen molar-refractivity contribution in [3.63, 3.8) is 0 Å². The third-order valence-electron chi connectivity index (χ3n) is 3.41. The van der Waals surface area contributed by atoms with Crippen LogP contribution in [0.15, 0.2) is 36.4 Å². The lowest BCUT2D eigenvalue weighted by Crippen LogP contribution is -2.15. The van der Waals surface area contributed by atoms with E-state index in [1.165, 1.54) is 7.11 Å². The largest absolute Gasteiger partial charge is 0.496 e. The van der Waals surface area contributed by atoms with Crippen LogP contribution in [0, 0.1) is 0 Å². The lowest BCUT2D eigenvalue weighted by molar-refractivity contribution is -0.138. The number of pyridine rings is 1. The zero-order valence-electron chi connectivity index (χ0n) is 14.3. The van der Waals surface area contributed by atoms with Crippen LogP contribution in [0.1, 0.15) is 25.3 Å². The van der Waals surface area contributed by atoms with Crippen LogP contribution >= 0.6 is 0 Å². The molecule has 0 aliphatic heterocycles. The minimum atomic E-state index is -0.361. The second-order valence-corrected chi connectivity index (χ2v) is 5.45. The number of benzene rings is 1. The van der Waals surface area contributed by atoms with Gasteiger partial charge in [-0.15, -0.1) is 0 Å². The Morgan fingerprint density at radius 2 is 2.00 bits per heavy atom. The van der Waals surface area contributed by atoms with Gasteiger partial charge in [-0.2, -0.15) is 4.98 Å². The lowest BCUT2D eigenvalue weighted by atomic mass is 10.0. The van der Waals surface area contributed by atoms with Crippen LogP contribution in [-0.4, -0.2) is 31.7 Å². The number of carbonyl (C=O) groups excluding carboxylic acids is 1. The van der Waals surface area contributed by atoms with Crippen LogP contribution in [0.3, 0.4) is 0 Å². The van der Waals surface area contributed by atoms with Crippen molar-refractivity contribution in [2.75, 3.05) is 26.1 Å². The molecule has 2 aromatic rings. The number of anilines is 1. The van der Waals surface area contributed by atoms with Crippen LogP contribution in [-0.2, 0) is 9.53 Å². The number of methoxy groups -OCH3 is 2. The van der Waals surface area contributed by atoms with Crippen molar-refractivity contribution in [3.8, 4) is 17.4 Å². The van der Waals surface area contributed by atoms with Gasteiger partial charge in [0.15, 0.2) is 0 Å². The van der Waals surface area contributed by atoms with E-state index in [1.807, 2.05) is 18.2 Å². The van der Waals surface area contributed by atoms with E-state index in [-0.39, 0.29) is 12.5 Å². The van der Waals surface area contributed by atoms with E-state index < -0.39 is 0 Å². The highest BCUT2D eigenvalue weighted by molar-refractivity contribution is 5.74. The maximum atomic E-state index is 11.2. The van der Waals surface area contributed by atoms with E-state index in [0.717, 1.165) is 11.3 Å². The van der Waals surface area contributed by atoms with Crippen LogP contribution in [0.2, 0.25) is 0 Å². The Balaban J connectivity index is 2.13. The molecule has 1 heterocycles. The van der Waals surface area contributed by atoms with Gasteiger partial charge in [0.05, 0.1) is 14.2 Å². The summed E-state index contributed by atoms with van der Waals surface area (Å²) in [5.74, 6) is 2.43. The zero-order valence-corrected chi connectivity index (χ0v) is 14.3. The van der Waals surface area contributed by atoms with Gasteiger partial charge in [0, 0.05) is 11.6 Å². The van der Waals surface area contributed by atoms with E-state index in [0.29, 0.717) is 23.4 Å². The summed E-state index contributed by atoms with van der Waals surface area (Å²) in [7, 11) is 2.99. The molecule has 6 nitrogen and oxygen atoms in total. The summed E-state index contributed by atoms with van der Waals surface area (Å²) in [6.45, 7) is 4.24. The summed E-state index contributed by atoms with van der Waals surface area (Å²) < 4.78 is 15.8. The quantitative estimate of drug-likeness (QED) is 0.782. The van der Waals surface area contributed by atoms with Crippen molar-refractivity contribution in [3.05, 3.63) is 42.0 Å². The first kappa shape index (κ1) is 17.6. The molecule has 0 unspecified atom stereocenters. The van der Waals surface area contributed by atoms with Gasteiger partial charge >= 0.3 is 5.97 Å². The molecule has 0 spiro atoms. The number of hydrogen-bond donors (Lipinski definition) is 1. The van der Waals surface area contributed by atoms with Gasteiger partial charge in [-0.1, -0.05) is 19.9 Å². The Kier molecular flexibility index (Phi) is 6.01. The fourth-order valence-corrected chi connectivity index (χ4v) is 2.15. The molecule has 0 aliphatic carbocycles. The number of ether oxygens (including phenoxy) is 3. The fourth-order valence-electron chi connectivity index (χ4n) is 2.15. The maximum Gasteiger partial charge on any atom is 0.325 e. The molecule has 0 fully saturated rings. The molecule has 24 heavy (non-hydrogen) atoms. The maximum absolute atomic E-state index is 11.2. The number of esters is 1. The van der Waals surface area contributed by atoms with Crippen molar-refractivity contribution in [2.45, 2.75) is 19.8 Å². The molecule has 6 heteroatoms. The molecule has 1 aromatic carbocycles. The zero-order chi connectivity index (χ0) is 17.5. The first-order valence-electron chi connectivity index (χ1n) is 7.67. The Bertz CT molecular complexity index is 701. The molecule has 0 radical (unpaired) electrons. The number of carbonyl (C=O) groups is 1. The minimum Gasteiger partial charge on any atom is -0.496 e. The van der Waals surface area contributed by atoms with Gasteiger partial charge in [0.2, 0.25) is 5.88 Å². The average Bonchev–Trinajstić information content (AvgIpc) is 2.59. The molecule has 128 valence electrons. The number of nitrogens with zero attached hydrogens (tertiary/aromatic N) is 1. The van der Waals surface area contributed by atoms with Gasteiger partial charge in [0.25, 0.3) is 0 Å².